The fourth-order valence-corrected chi connectivity index (χ4v) is 7.59. The van der Waals surface area contributed by atoms with E-state index in [2.05, 4.69) is 14.9 Å². The molecule has 0 spiro atoms. The number of nitrogens with zero attached hydrogens (tertiary/aromatic N) is 3. The number of hydrogen-bond donors (Lipinski definition) is 1. The Kier molecular flexibility index (Phi) is 7.94. The van der Waals surface area contributed by atoms with Crippen LogP contribution in [0.3, 0.4) is 0 Å². The van der Waals surface area contributed by atoms with Gasteiger partial charge in [-0.3, -0.25) is 4.72 Å². The maximum atomic E-state index is 12.8. The molecule has 13 heteroatoms. The molecule has 35 heavy (non-hydrogen) atoms. The van der Waals surface area contributed by atoms with Crippen molar-refractivity contribution in [2.45, 2.75) is 45.9 Å². The van der Waals surface area contributed by atoms with E-state index < -0.39 is 20.0 Å². The van der Waals surface area contributed by atoms with E-state index in [-0.39, 0.29) is 20.6 Å². The van der Waals surface area contributed by atoms with Gasteiger partial charge in [-0.25, -0.2) is 16.8 Å². The summed E-state index contributed by atoms with van der Waals surface area (Å²) >= 11 is 13.3. The number of rotatable bonds is 7. The zero-order valence-corrected chi connectivity index (χ0v) is 22.6. The Morgan fingerprint density at radius 3 is 2.20 bits per heavy atom. The first-order chi connectivity index (χ1) is 16.6. The molecule has 0 saturated carbocycles. The zero-order valence-electron chi connectivity index (χ0n) is 18.6. The summed E-state index contributed by atoms with van der Waals surface area (Å²) in [4.78, 5) is 0.922. The lowest BCUT2D eigenvalue weighted by molar-refractivity contribution is 0.346. The summed E-state index contributed by atoms with van der Waals surface area (Å²) in [6, 6.07) is 12.5. The van der Waals surface area contributed by atoms with Crippen LogP contribution in [0.15, 0.2) is 68.2 Å². The van der Waals surface area contributed by atoms with E-state index in [1.165, 1.54) is 34.3 Å². The molecule has 186 valence electrons. The summed E-state index contributed by atoms with van der Waals surface area (Å²) in [5, 5.41) is 8.88. The molecule has 3 aromatic rings. The topological polar surface area (TPSA) is 109 Å². The van der Waals surface area contributed by atoms with Gasteiger partial charge in [0.15, 0.2) is 5.82 Å². The van der Waals surface area contributed by atoms with Gasteiger partial charge in [0.05, 0.1) is 9.92 Å². The first-order valence-corrected chi connectivity index (χ1v) is 15.2. The van der Waals surface area contributed by atoms with Crippen LogP contribution in [-0.2, 0) is 20.0 Å². The van der Waals surface area contributed by atoms with Gasteiger partial charge in [-0.1, -0.05) is 41.4 Å². The van der Waals surface area contributed by atoms with Crippen molar-refractivity contribution >= 4 is 60.8 Å². The second-order valence-electron chi connectivity index (χ2n) is 7.93. The van der Waals surface area contributed by atoms with E-state index in [4.69, 9.17) is 23.2 Å². The van der Waals surface area contributed by atoms with E-state index in [1.54, 1.807) is 37.3 Å². The number of aryl methyl sites for hydroxylation is 1. The van der Waals surface area contributed by atoms with E-state index in [0.29, 0.717) is 28.7 Å². The molecule has 0 aliphatic carbocycles. The Balaban J connectivity index is 1.44. The predicted molar refractivity (Wildman–Crippen MR) is 137 cm³/mol. The van der Waals surface area contributed by atoms with Crippen LogP contribution in [0.5, 0.6) is 0 Å². The molecule has 1 saturated heterocycles. The molecule has 0 bridgehead atoms. The Hall–Kier alpha value is -1.89. The molecule has 8 nitrogen and oxygen atoms in total. The first-order valence-electron chi connectivity index (χ1n) is 10.7. The van der Waals surface area contributed by atoms with Crippen LogP contribution in [0.1, 0.15) is 24.8 Å². The van der Waals surface area contributed by atoms with Crippen molar-refractivity contribution in [1.82, 2.24) is 14.5 Å². The fraction of sp³-hybridized carbons (Fsp3) is 0.273. The minimum absolute atomic E-state index is 0.000942. The van der Waals surface area contributed by atoms with Crippen molar-refractivity contribution in [1.29, 1.82) is 0 Å². The highest BCUT2D eigenvalue weighted by molar-refractivity contribution is 7.99. The molecule has 1 N–H and O–H groups in total. The van der Waals surface area contributed by atoms with Crippen molar-refractivity contribution in [3.8, 4) is 0 Å². The molecule has 1 fully saturated rings. The lowest BCUT2D eigenvalue weighted by atomic mass is 10.2. The summed E-state index contributed by atoms with van der Waals surface area (Å²) in [6.45, 7) is 2.78. The number of aromatic nitrogens is 2. The number of sulfonamides is 2. The van der Waals surface area contributed by atoms with Crippen molar-refractivity contribution < 1.29 is 16.8 Å². The van der Waals surface area contributed by atoms with Crippen LogP contribution < -0.4 is 4.72 Å². The number of halogens is 2. The maximum absolute atomic E-state index is 12.8. The number of nitrogens with one attached hydrogen (secondary N) is 1. The van der Waals surface area contributed by atoms with Crippen molar-refractivity contribution in [3.63, 3.8) is 0 Å². The molecule has 1 aliphatic heterocycles. The quantitative estimate of drug-likeness (QED) is 0.413. The van der Waals surface area contributed by atoms with Gasteiger partial charge in [-0.15, -0.1) is 10.2 Å². The van der Waals surface area contributed by atoms with E-state index in [1.807, 2.05) is 0 Å². The maximum Gasteiger partial charge on any atom is 0.264 e. The van der Waals surface area contributed by atoms with Crippen LogP contribution >= 0.6 is 35.0 Å². The fourth-order valence-electron chi connectivity index (χ4n) is 3.51. The molecule has 0 amide bonds. The lowest BCUT2D eigenvalue weighted by Gasteiger charge is -2.25. The molecule has 0 unspecified atom stereocenters. The van der Waals surface area contributed by atoms with Crippen molar-refractivity contribution in [2.24, 2.45) is 0 Å². The van der Waals surface area contributed by atoms with Crippen molar-refractivity contribution in [2.75, 3.05) is 17.8 Å². The number of piperidine rings is 1. The highest BCUT2D eigenvalue weighted by Crippen LogP contribution is 2.31. The summed E-state index contributed by atoms with van der Waals surface area (Å²) in [6.07, 6.45) is 2.81. The minimum Gasteiger partial charge on any atom is -0.262 e. The van der Waals surface area contributed by atoms with E-state index in [9.17, 15) is 16.8 Å². The first kappa shape index (κ1) is 26.2. The Labute approximate surface area is 219 Å². The molecule has 0 atom stereocenters. The molecular formula is C22H22Cl2N4O4S3. The van der Waals surface area contributed by atoms with E-state index in [0.717, 1.165) is 24.2 Å². The standard InChI is InChI=1S/C22H22Cl2N4O4S3/c1-15-13-20(19(24)14-18(15)23)34(29,30)27-21-9-10-22(26-25-21)33-16-5-7-17(8-6-16)35(31,32)28-11-3-2-4-12-28/h5-10,13-14H,2-4,11-12H2,1H3,(H,25,27). The third-order valence-corrected chi connectivity index (χ3v) is 10.5. The molecule has 1 aromatic heterocycles. The van der Waals surface area contributed by atoms with Gasteiger partial charge in [0.2, 0.25) is 10.0 Å². The van der Waals surface area contributed by atoms with E-state index >= 15 is 0 Å². The summed E-state index contributed by atoms with van der Waals surface area (Å²) in [5.74, 6) is 0.0287. The average Bonchev–Trinajstić information content (AvgIpc) is 2.83. The normalized spacial score (nSPS) is 15.2. The molecule has 2 aromatic carbocycles. The van der Waals surface area contributed by atoms with Gasteiger partial charge in [0, 0.05) is 23.0 Å². The Bertz CT molecular complexity index is 1430. The summed E-state index contributed by atoms with van der Waals surface area (Å²) < 4.78 is 54.9. The SMILES string of the molecule is Cc1cc(S(=O)(=O)Nc2ccc(Sc3ccc(S(=O)(=O)N4CCCCC4)cc3)nn2)c(Cl)cc1Cl. The van der Waals surface area contributed by atoms with Gasteiger partial charge in [-0.05, 0) is 73.9 Å². The van der Waals surface area contributed by atoms with Crippen molar-refractivity contribution in [3.05, 3.63) is 64.1 Å². The van der Waals surface area contributed by atoms with Gasteiger partial charge >= 0.3 is 0 Å². The molecule has 2 heterocycles. The lowest BCUT2D eigenvalue weighted by Crippen LogP contribution is -2.35. The molecule has 0 radical (unpaired) electrons. The summed E-state index contributed by atoms with van der Waals surface area (Å²) in [5.41, 5.74) is 0.573. The third kappa shape index (κ3) is 6.10. The zero-order chi connectivity index (χ0) is 25.2. The van der Waals surface area contributed by atoms with Gasteiger partial charge in [-0.2, -0.15) is 4.31 Å². The molecule has 4 rings (SSSR count). The minimum atomic E-state index is -3.99. The Morgan fingerprint density at radius 1 is 0.886 bits per heavy atom. The number of anilines is 1. The average molecular weight is 574 g/mol. The highest BCUT2D eigenvalue weighted by atomic mass is 35.5. The molecule has 1 aliphatic rings. The largest absolute Gasteiger partial charge is 0.264 e. The number of benzene rings is 2. The van der Waals surface area contributed by atoms with Crippen LogP contribution in [0.4, 0.5) is 5.82 Å². The van der Waals surface area contributed by atoms with Crippen LogP contribution in [0.2, 0.25) is 10.0 Å². The van der Waals surface area contributed by atoms with Gasteiger partial charge in [0.1, 0.15) is 9.92 Å². The predicted octanol–water partition coefficient (Wildman–Crippen LogP) is 5.22. The van der Waals surface area contributed by atoms with Crippen LogP contribution in [0.25, 0.3) is 0 Å². The molecular weight excluding hydrogens is 551 g/mol. The second-order valence-corrected chi connectivity index (χ2v) is 13.4. The number of hydrogen-bond acceptors (Lipinski definition) is 7. The summed E-state index contributed by atoms with van der Waals surface area (Å²) in [7, 11) is -7.49. The van der Waals surface area contributed by atoms with Crippen LogP contribution in [0, 0.1) is 6.92 Å². The Morgan fingerprint density at radius 2 is 1.57 bits per heavy atom. The van der Waals surface area contributed by atoms with Gasteiger partial charge in [0.25, 0.3) is 10.0 Å². The highest BCUT2D eigenvalue weighted by Gasteiger charge is 2.26. The monoisotopic (exact) mass is 572 g/mol. The smallest absolute Gasteiger partial charge is 0.262 e. The van der Waals surface area contributed by atoms with Crippen LogP contribution in [-0.4, -0.2) is 44.4 Å². The van der Waals surface area contributed by atoms with Gasteiger partial charge < -0.3 is 0 Å². The second kappa shape index (κ2) is 10.6. The third-order valence-electron chi connectivity index (χ3n) is 5.38.